The Morgan fingerprint density at radius 3 is 2.62 bits per heavy atom. The maximum Gasteiger partial charge on any atom is 0.276 e. The minimum absolute atomic E-state index is 0.0763. The van der Waals surface area contributed by atoms with Gasteiger partial charge in [-0.3, -0.25) is 14.9 Å². The van der Waals surface area contributed by atoms with Crippen molar-refractivity contribution in [3.8, 4) is 11.5 Å². The van der Waals surface area contributed by atoms with Crippen molar-refractivity contribution in [1.82, 2.24) is 9.78 Å². The van der Waals surface area contributed by atoms with Crippen molar-refractivity contribution < 1.29 is 36.8 Å². The predicted molar refractivity (Wildman–Crippen MR) is 102 cm³/mol. The van der Waals surface area contributed by atoms with Crippen LogP contribution in [-0.2, 0) is 6.73 Å². The van der Waals surface area contributed by atoms with Crippen LogP contribution < -0.4 is 14.8 Å². The summed E-state index contributed by atoms with van der Waals surface area (Å²) >= 11 is 0. The molecule has 1 N–H and O–H groups in total. The number of non-ortho nitro benzene ring substituents is 1. The molecule has 0 aliphatic rings. The molecule has 0 spiro atoms. The smallest absolute Gasteiger partial charge is 0.276 e. The molecule has 3 rings (SSSR count). The number of nitro groups is 1. The Balaban J connectivity index is 1.68. The summed E-state index contributed by atoms with van der Waals surface area (Å²) in [6, 6.07) is 7.16. The first-order valence-corrected chi connectivity index (χ1v) is 8.84. The van der Waals surface area contributed by atoms with E-state index < -0.39 is 41.2 Å². The highest BCUT2D eigenvalue weighted by Crippen LogP contribution is 2.27. The van der Waals surface area contributed by atoms with Crippen LogP contribution in [0.3, 0.4) is 0 Å². The lowest BCUT2D eigenvalue weighted by Crippen LogP contribution is -2.15. The lowest BCUT2D eigenvalue weighted by atomic mass is 10.2. The van der Waals surface area contributed by atoms with Crippen LogP contribution in [-0.4, -0.2) is 33.6 Å². The van der Waals surface area contributed by atoms with Gasteiger partial charge >= 0.3 is 0 Å². The molecule has 0 aliphatic heterocycles. The Morgan fingerprint density at radius 1 is 1.16 bits per heavy atom. The van der Waals surface area contributed by atoms with Crippen LogP contribution in [0.1, 0.15) is 10.5 Å². The predicted octanol–water partition coefficient (Wildman–Crippen LogP) is 4.00. The summed E-state index contributed by atoms with van der Waals surface area (Å²) in [6.07, 6.45) is -1.44. The number of nitro benzene ring substituents is 1. The third-order valence-electron chi connectivity index (χ3n) is 3.86. The summed E-state index contributed by atoms with van der Waals surface area (Å²) in [6.45, 7) is -1.27. The number of carbonyl (C=O) groups excluding carboxylic acids is 1. The molecule has 0 unspecified atom stereocenters. The molecule has 1 heterocycles. The largest absolute Gasteiger partial charge is 0.487 e. The Hall–Kier alpha value is -4.16. The number of hydrogen-bond donors (Lipinski definition) is 1. The van der Waals surface area contributed by atoms with Crippen LogP contribution in [0.2, 0.25) is 0 Å². The van der Waals surface area contributed by atoms with Crippen molar-refractivity contribution in [3.05, 3.63) is 76.1 Å². The van der Waals surface area contributed by atoms with Gasteiger partial charge in [0.15, 0.2) is 24.0 Å². The van der Waals surface area contributed by atoms with E-state index in [-0.39, 0.29) is 29.6 Å². The summed E-state index contributed by atoms with van der Waals surface area (Å²) in [5, 5.41) is 17.3. The normalized spacial score (nSPS) is 10.8. The second-order valence-corrected chi connectivity index (χ2v) is 6.22. The SMILES string of the molecule is O=C(Nc1cc(OCC(F)F)cc([N+](=O)[O-])c1)c1ccn(COc2ccc(F)cc2F)n1. The molecule has 0 aliphatic carbocycles. The Bertz CT molecular complexity index is 1140. The highest BCUT2D eigenvalue weighted by atomic mass is 19.3. The van der Waals surface area contributed by atoms with Gasteiger partial charge in [0.25, 0.3) is 18.0 Å². The zero-order chi connectivity index (χ0) is 23.3. The molecule has 1 amide bonds. The molecule has 0 bridgehead atoms. The van der Waals surface area contributed by atoms with Crippen LogP contribution in [0, 0.1) is 21.7 Å². The molecule has 0 radical (unpaired) electrons. The molecular weight excluding hydrogens is 440 g/mol. The van der Waals surface area contributed by atoms with E-state index in [1.807, 2.05) is 0 Å². The standard InChI is InChI=1S/C19H14F4N4O5/c20-11-1-2-17(15(21)5-11)32-10-26-4-3-16(25-26)19(28)24-12-6-13(27(29)30)8-14(7-12)31-9-18(22)23/h1-8,18H,9-10H2,(H,24,28). The third-order valence-corrected chi connectivity index (χ3v) is 3.86. The molecule has 0 fully saturated rings. The lowest BCUT2D eigenvalue weighted by Gasteiger charge is -2.09. The molecular formula is C19H14F4N4O5. The Morgan fingerprint density at radius 2 is 1.94 bits per heavy atom. The monoisotopic (exact) mass is 454 g/mol. The van der Waals surface area contributed by atoms with Crippen molar-refractivity contribution in [2.24, 2.45) is 0 Å². The van der Waals surface area contributed by atoms with E-state index >= 15 is 0 Å². The summed E-state index contributed by atoms with van der Waals surface area (Å²) in [5.74, 6) is -2.89. The summed E-state index contributed by atoms with van der Waals surface area (Å²) in [7, 11) is 0. The van der Waals surface area contributed by atoms with Gasteiger partial charge in [-0.15, -0.1) is 0 Å². The Kier molecular flexibility index (Phi) is 6.87. The van der Waals surface area contributed by atoms with Gasteiger partial charge in [0.1, 0.15) is 18.2 Å². The molecule has 3 aromatic rings. The molecule has 9 nitrogen and oxygen atoms in total. The molecule has 168 valence electrons. The minimum atomic E-state index is -2.79. The number of alkyl halides is 2. The quantitative estimate of drug-likeness (QED) is 0.297. The van der Waals surface area contributed by atoms with Gasteiger partial charge in [-0.2, -0.15) is 5.10 Å². The molecule has 2 aromatic carbocycles. The second-order valence-electron chi connectivity index (χ2n) is 6.22. The zero-order valence-corrected chi connectivity index (χ0v) is 16.0. The van der Waals surface area contributed by atoms with Gasteiger partial charge in [-0.05, 0) is 18.2 Å². The lowest BCUT2D eigenvalue weighted by molar-refractivity contribution is -0.384. The van der Waals surface area contributed by atoms with Gasteiger partial charge in [0.05, 0.1) is 16.7 Å². The van der Waals surface area contributed by atoms with E-state index in [9.17, 15) is 32.5 Å². The Labute approximate surface area is 177 Å². The van der Waals surface area contributed by atoms with Crippen LogP contribution in [0.5, 0.6) is 11.5 Å². The number of benzene rings is 2. The maximum absolute atomic E-state index is 13.6. The average molecular weight is 454 g/mol. The fourth-order valence-electron chi connectivity index (χ4n) is 2.48. The van der Waals surface area contributed by atoms with Crippen molar-refractivity contribution in [2.45, 2.75) is 13.2 Å². The third kappa shape index (κ3) is 5.93. The summed E-state index contributed by atoms with van der Waals surface area (Å²) < 4.78 is 62.3. The number of carbonyl (C=O) groups is 1. The van der Waals surface area contributed by atoms with Crippen LogP contribution in [0.25, 0.3) is 0 Å². The number of anilines is 1. The molecule has 0 atom stereocenters. The van der Waals surface area contributed by atoms with E-state index in [1.54, 1.807) is 0 Å². The number of rotatable bonds is 9. The van der Waals surface area contributed by atoms with E-state index in [0.717, 1.165) is 35.0 Å². The van der Waals surface area contributed by atoms with Gasteiger partial charge in [-0.25, -0.2) is 22.2 Å². The first-order valence-electron chi connectivity index (χ1n) is 8.84. The molecule has 0 saturated carbocycles. The van der Waals surface area contributed by atoms with Gasteiger partial charge in [0, 0.05) is 24.4 Å². The minimum Gasteiger partial charge on any atom is -0.487 e. The molecule has 32 heavy (non-hydrogen) atoms. The number of nitrogens with one attached hydrogen (secondary N) is 1. The van der Waals surface area contributed by atoms with Crippen LogP contribution >= 0.6 is 0 Å². The van der Waals surface area contributed by atoms with Crippen LogP contribution in [0.4, 0.5) is 28.9 Å². The summed E-state index contributed by atoms with van der Waals surface area (Å²) in [4.78, 5) is 22.7. The second kappa shape index (κ2) is 9.76. The fourth-order valence-corrected chi connectivity index (χ4v) is 2.48. The van der Waals surface area contributed by atoms with E-state index in [2.05, 4.69) is 10.4 Å². The van der Waals surface area contributed by atoms with Crippen molar-refractivity contribution in [1.29, 1.82) is 0 Å². The zero-order valence-electron chi connectivity index (χ0n) is 16.0. The first-order chi connectivity index (χ1) is 15.2. The highest BCUT2D eigenvalue weighted by Gasteiger charge is 2.16. The molecule has 1 aromatic heterocycles. The molecule has 0 saturated heterocycles. The highest BCUT2D eigenvalue weighted by molar-refractivity contribution is 6.03. The molecule has 13 heteroatoms. The number of amides is 1. The number of nitrogens with zero attached hydrogens (tertiary/aromatic N) is 3. The van der Waals surface area contributed by atoms with E-state index in [0.29, 0.717) is 6.07 Å². The van der Waals surface area contributed by atoms with Crippen molar-refractivity contribution in [2.75, 3.05) is 11.9 Å². The number of hydrogen-bond acceptors (Lipinski definition) is 6. The fraction of sp³-hybridized carbons (Fsp3) is 0.158. The van der Waals surface area contributed by atoms with Crippen LogP contribution in [0.15, 0.2) is 48.7 Å². The van der Waals surface area contributed by atoms with E-state index in [1.165, 1.54) is 12.3 Å². The summed E-state index contributed by atoms with van der Waals surface area (Å²) in [5.41, 5.74) is -0.672. The number of ether oxygens (including phenoxy) is 2. The van der Waals surface area contributed by atoms with Crippen molar-refractivity contribution in [3.63, 3.8) is 0 Å². The van der Waals surface area contributed by atoms with Gasteiger partial charge in [0.2, 0.25) is 0 Å². The van der Waals surface area contributed by atoms with Crippen molar-refractivity contribution >= 4 is 17.3 Å². The number of halogens is 4. The van der Waals surface area contributed by atoms with E-state index in [4.69, 9.17) is 9.47 Å². The topological polar surface area (TPSA) is 109 Å². The number of aromatic nitrogens is 2. The average Bonchev–Trinajstić information content (AvgIpc) is 3.20. The van der Waals surface area contributed by atoms with Gasteiger partial charge < -0.3 is 14.8 Å². The van der Waals surface area contributed by atoms with Gasteiger partial charge in [-0.1, -0.05) is 0 Å². The maximum atomic E-state index is 13.6. The first kappa shape index (κ1) is 22.5.